The Hall–Kier alpha value is -2.92. The lowest BCUT2D eigenvalue weighted by atomic mass is 9.99. The van der Waals surface area contributed by atoms with Gasteiger partial charge in [0.2, 0.25) is 5.91 Å². The fourth-order valence-electron chi connectivity index (χ4n) is 4.13. The Labute approximate surface area is 174 Å². The zero-order chi connectivity index (χ0) is 19.8. The second kappa shape index (κ2) is 7.16. The summed E-state index contributed by atoms with van der Waals surface area (Å²) >= 11 is 1.65. The molecule has 0 radical (unpaired) electrons. The van der Waals surface area contributed by atoms with Gasteiger partial charge in [0.15, 0.2) is 0 Å². The first-order valence-corrected chi connectivity index (χ1v) is 10.9. The summed E-state index contributed by atoms with van der Waals surface area (Å²) in [6, 6.07) is 19.4. The molecule has 2 aromatic carbocycles. The number of benzene rings is 2. The smallest absolute Gasteiger partial charge is 0.258 e. The van der Waals surface area contributed by atoms with Gasteiger partial charge in [-0.15, -0.1) is 11.3 Å². The first-order chi connectivity index (χ1) is 14.2. The van der Waals surface area contributed by atoms with Crippen molar-refractivity contribution >= 4 is 34.5 Å². The Bertz CT molecular complexity index is 1060. The van der Waals surface area contributed by atoms with Crippen molar-refractivity contribution in [3.8, 4) is 0 Å². The van der Waals surface area contributed by atoms with Crippen molar-refractivity contribution in [1.29, 1.82) is 0 Å². The molecule has 5 rings (SSSR count). The number of carbonyl (C=O) groups is 2. The normalized spacial score (nSPS) is 16.8. The van der Waals surface area contributed by atoms with Crippen LogP contribution in [0, 0.1) is 0 Å². The van der Waals surface area contributed by atoms with Crippen molar-refractivity contribution in [3.05, 3.63) is 82.0 Å². The third-order valence-electron chi connectivity index (χ3n) is 5.90. The predicted octanol–water partition coefficient (Wildman–Crippen LogP) is 5.01. The summed E-state index contributed by atoms with van der Waals surface area (Å²) in [6.07, 6.45) is 3.64. The third-order valence-corrected chi connectivity index (χ3v) is 6.97. The van der Waals surface area contributed by atoms with Crippen molar-refractivity contribution in [1.82, 2.24) is 0 Å². The minimum absolute atomic E-state index is 0.0259. The highest BCUT2D eigenvalue weighted by atomic mass is 32.1. The first-order valence-electron chi connectivity index (χ1n) is 10.0. The largest absolute Gasteiger partial charge is 0.325 e. The van der Waals surface area contributed by atoms with Crippen LogP contribution in [0.4, 0.5) is 11.4 Å². The molecule has 0 atom stereocenters. The molecule has 4 nitrogen and oxygen atoms in total. The van der Waals surface area contributed by atoms with Gasteiger partial charge in [0.1, 0.15) is 0 Å². The lowest BCUT2D eigenvalue weighted by Crippen LogP contribution is -2.35. The van der Waals surface area contributed by atoms with Gasteiger partial charge in [0, 0.05) is 28.4 Å². The predicted molar refractivity (Wildman–Crippen MR) is 117 cm³/mol. The van der Waals surface area contributed by atoms with Crippen molar-refractivity contribution in [2.75, 3.05) is 16.8 Å². The van der Waals surface area contributed by atoms with Gasteiger partial charge in [-0.2, -0.15) is 0 Å². The van der Waals surface area contributed by atoms with Crippen molar-refractivity contribution in [2.45, 2.75) is 31.1 Å². The van der Waals surface area contributed by atoms with E-state index in [4.69, 9.17) is 0 Å². The van der Waals surface area contributed by atoms with Crippen LogP contribution in [-0.4, -0.2) is 18.4 Å². The fraction of sp³-hybridized carbons (Fsp3) is 0.250. The molecule has 3 aromatic rings. The van der Waals surface area contributed by atoms with Crippen molar-refractivity contribution in [3.63, 3.8) is 0 Å². The SMILES string of the molecule is O=C(c1ccccc1)N1CCCc2cc(NC(=O)C3(c4cccs4)CC3)ccc21. The molecule has 1 aliphatic heterocycles. The number of rotatable bonds is 4. The first kappa shape index (κ1) is 18.1. The van der Waals surface area contributed by atoms with Gasteiger partial charge in [0.05, 0.1) is 5.41 Å². The number of nitrogens with zero attached hydrogens (tertiary/aromatic N) is 1. The molecule has 1 aromatic heterocycles. The van der Waals surface area contributed by atoms with E-state index in [1.165, 1.54) is 0 Å². The number of nitrogens with one attached hydrogen (secondary N) is 1. The van der Waals surface area contributed by atoms with Crippen LogP contribution in [0.5, 0.6) is 0 Å². The molecule has 0 unspecified atom stereocenters. The number of carbonyl (C=O) groups excluding carboxylic acids is 2. The standard InChI is InChI=1S/C24H22N2O2S/c27-22(17-6-2-1-3-7-17)26-14-4-8-18-16-19(10-11-20(18)26)25-23(28)24(12-13-24)21-9-5-15-29-21/h1-3,5-7,9-11,15-16H,4,8,12-14H2,(H,25,28). The van der Waals surface area contributed by atoms with E-state index in [2.05, 4.69) is 11.4 Å². The molecule has 1 aliphatic carbocycles. The lowest BCUT2D eigenvalue weighted by molar-refractivity contribution is -0.118. The van der Waals surface area contributed by atoms with E-state index < -0.39 is 0 Å². The van der Waals surface area contributed by atoms with Crippen LogP contribution in [0.25, 0.3) is 0 Å². The highest BCUT2D eigenvalue weighted by Crippen LogP contribution is 2.50. The van der Waals surface area contributed by atoms with Gasteiger partial charge in [-0.25, -0.2) is 0 Å². The summed E-state index contributed by atoms with van der Waals surface area (Å²) in [5.74, 6) is 0.103. The van der Waals surface area contributed by atoms with Gasteiger partial charge >= 0.3 is 0 Å². The zero-order valence-corrected chi connectivity index (χ0v) is 16.9. The molecule has 2 amide bonds. The van der Waals surface area contributed by atoms with Gasteiger partial charge in [0.25, 0.3) is 5.91 Å². The Morgan fingerprint density at radius 3 is 2.55 bits per heavy atom. The van der Waals surface area contributed by atoms with Gasteiger partial charge in [-0.3, -0.25) is 9.59 Å². The van der Waals surface area contributed by atoms with Crippen LogP contribution >= 0.6 is 11.3 Å². The average Bonchev–Trinajstić information content (AvgIpc) is 3.39. The molecule has 1 saturated carbocycles. The number of hydrogen-bond acceptors (Lipinski definition) is 3. The molecule has 29 heavy (non-hydrogen) atoms. The molecule has 1 fully saturated rings. The van der Waals surface area contributed by atoms with Crippen molar-refractivity contribution < 1.29 is 9.59 Å². The number of anilines is 2. The van der Waals surface area contributed by atoms with E-state index in [-0.39, 0.29) is 17.2 Å². The lowest BCUT2D eigenvalue weighted by Gasteiger charge is -2.30. The Morgan fingerprint density at radius 2 is 1.83 bits per heavy atom. The van der Waals surface area contributed by atoms with Crippen LogP contribution in [0.1, 0.15) is 40.1 Å². The number of amides is 2. The number of thiophene rings is 1. The maximum absolute atomic E-state index is 13.0. The maximum Gasteiger partial charge on any atom is 0.258 e. The quantitative estimate of drug-likeness (QED) is 0.667. The minimum atomic E-state index is -0.348. The molecule has 0 spiro atoms. The molecule has 0 saturated heterocycles. The van der Waals surface area contributed by atoms with Crippen LogP contribution < -0.4 is 10.2 Å². The van der Waals surface area contributed by atoms with E-state index >= 15 is 0 Å². The molecule has 146 valence electrons. The minimum Gasteiger partial charge on any atom is -0.325 e. The molecule has 2 aliphatic rings. The highest BCUT2D eigenvalue weighted by molar-refractivity contribution is 7.10. The van der Waals surface area contributed by atoms with E-state index in [0.29, 0.717) is 12.1 Å². The second-order valence-electron chi connectivity index (χ2n) is 7.78. The van der Waals surface area contributed by atoms with Crippen LogP contribution in [-0.2, 0) is 16.6 Å². The summed E-state index contributed by atoms with van der Waals surface area (Å²) in [6.45, 7) is 0.716. The molecular weight excluding hydrogens is 380 g/mol. The van der Waals surface area contributed by atoms with Crippen molar-refractivity contribution in [2.24, 2.45) is 0 Å². The van der Waals surface area contributed by atoms with E-state index in [1.54, 1.807) is 11.3 Å². The summed E-state index contributed by atoms with van der Waals surface area (Å²) in [5.41, 5.74) is 3.22. The highest BCUT2D eigenvalue weighted by Gasteiger charge is 2.52. The molecule has 5 heteroatoms. The van der Waals surface area contributed by atoms with Gasteiger partial charge < -0.3 is 10.2 Å². The van der Waals surface area contributed by atoms with Crippen LogP contribution in [0.15, 0.2) is 66.0 Å². The number of hydrogen-bond donors (Lipinski definition) is 1. The topological polar surface area (TPSA) is 49.4 Å². The van der Waals surface area contributed by atoms with Gasteiger partial charge in [-0.1, -0.05) is 24.3 Å². The number of aryl methyl sites for hydroxylation is 1. The zero-order valence-electron chi connectivity index (χ0n) is 16.1. The summed E-state index contributed by atoms with van der Waals surface area (Å²) in [4.78, 5) is 28.9. The molecule has 0 bridgehead atoms. The average molecular weight is 403 g/mol. The number of fused-ring (bicyclic) bond motifs is 1. The summed E-state index contributed by atoms with van der Waals surface area (Å²) in [7, 11) is 0. The second-order valence-corrected chi connectivity index (χ2v) is 8.73. The Kier molecular flexibility index (Phi) is 4.47. The van der Waals surface area contributed by atoms with Crippen LogP contribution in [0.3, 0.4) is 0 Å². The van der Waals surface area contributed by atoms with Crippen LogP contribution in [0.2, 0.25) is 0 Å². The van der Waals surface area contributed by atoms with E-state index in [9.17, 15) is 9.59 Å². The summed E-state index contributed by atoms with van der Waals surface area (Å²) < 4.78 is 0. The molecule has 1 N–H and O–H groups in total. The fourth-order valence-corrected chi connectivity index (χ4v) is 5.12. The molecular formula is C24H22N2O2S. The Morgan fingerprint density at radius 1 is 1.00 bits per heavy atom. The van der Waals surface area contributed by atoms with E-state index in [1.807, 2.05) is 64.9 Å². The molecule has 2 heterocycles. The summed E-state index contributed by atoms with van der Waals surface area (Å²) in [5, 5.41) is 5.15. The van der Waals surface area contributed by atoms with E-state index in [0.717, 1.165) is 47.5 Å². The maximum atomic E-state index is 13.0. The Balaban J connectivity index is 1.37. The monoisotopic (exact) mass is 402 g/mol. The van der Waals surface area contributed by atoms with Gasteiger partial charge in [-0.05, 0) is 73.0 Å². The third kappa shape index (κ3) is 3.25.